The molecule has 1 atom stereocenters. The zero-order valence-electron chi connectivity index (χ0n) is 27.9. The van der Waals surface area contributed by atoms with E-state index in [4.69, 9.17) is 9.97 Å². The van der Waals surface area contributed by atoms with Crippen LogP contribution < -0.4 is 15.1 Å². The summed E-state index contributed by atoms with van der Waals surface area (Å²) >= 11 is 0. The van der Waals surface area contributed by atoms with Gasteiger partial charge in [-0.1, -0.05) is 43.8 Å². The largest absolute Gasteiger partial charge is 0.371 e. The van der Waals surface area contributed by atoms with Gasteiger partial charge in [0, 0.05) is 76.3 Å². The van der Waals surface area contributed by atoms with Gasteiger partial charge < -0.3 is 24.9 Å². The highest BCUT2D eigenvalue weighted by Gasteiger charge is 2.32. The van der Waals surface area contributed by atoms with Crippen molar-refractivity contribution in [1.29, 1.82) is 0 Å². The molecule has 47 heavy (non-hydrogen) atoms. The number of anilines is 4. The Hall–Kier alpha value is -4.28. The summed E-state index contributed by atoms with van der Waals surface area (Å²) in [6, 6.07) is 19.3. The van der Waals surface area contributed by atoms with E-state index in [0.29, 0.717) is 43.6 Å². The van der Waals surface area contributed by atoms with Gasteiger partial charge in [0.1, 0.15) is 5.69 Å². The molecule has 3 fully saturated rings. The first-order chi connectivity index (χ1) is 22.9. The number of hydrogen-bond acceptors (Lipinski definition) is 9. The summed E-state index contributed by atoms with van der Waals surface area (Å²) in [5.41, 5.74) is 4.31. The van der Waals surface area contributed by atoms with Gasteiger partial charge in [-0.15, -0.1) is 0 Å². The SMILES string of the molecule is C=CC(=O)N1CCN(c2nc(Nc3ccc(N4CCC(N5CCN(C)CC5)CC4)cc3)c(C=O)nc2CC)C[C@@H]1Cc1ccccc1. The van der Waals surface area contributed by atoms with Gasteiger partial charge in [0.25, 0.3) is 0 Å². The van der Waals surface area contributed by atoms with Crippen molar-refractivity contribution in [3.63, 3.8) is 0 Å². The van der Waals surface area contributed by atoms with Crippen molar-refractivity contribution in [2.75, 3.05) is 81.1 Å². The molecule has 3 saturated heterocycles. The van der Waals surface area contributed by atoms with Gasteiger partial charge in [-0.25, -0.2) is 9.97 Å². The van der Waals surface area contributed by atoms with Crippen molar-refractivity contribution in [1.82, 2.24) is 24.7 Å². The lowest BCUT2D eigenvalue weighted by molar-refractivity contribution is -0.128. The van der Waals surface area contributed by atoms with Crippen LogP contribution in [0.25, 0.3) is 0 Å². The van der Waals surface area contributed by atoms with Gasteiger partial charge in [-0.2, -0.15) is 0 Å². The van der Waals surface area contributed by atoms with Gasteiger partial charge in [0.2, 0.25) is 5.91 Å². The zero-order chi connectivity index (χ0) is 32.8. The Bertz CT molecular complexity index is 1520. The maximum absolute atomic E-state index is 12.8. The standard InChI is InChI=1S/C37H48N8O2/c1-4-33-37(44-23-24-45(35(47)5-2)32(26-44)25-28-9-7-6-8-10-28)40-36(34(27-46)39-33)38-29-11-13-30(14-12-29)42-17-15-31(16-18-42)43-21-19-41(3)20-22-43/h5-14,27,31-32H,2,4,15-26H2,1,3H3,(H,38,40)/t32-/m0/s1. The summed E-state index contributed by atoms with van der Waals surface area (Å²) in [5.74, 6) is 1.13. The number of rotatable bonds is 10. The minimum atomic E-state index is -0.0612. The molecule has 0 radical (unpaired) electrons. The molecule has 0 bridgehead atoms. The number of amides is 1. The molecule has 4 heterocycles. The fourth-order valence-electron chi connectivity index (χ4n) is 7.23. The summed E-state index contributed by atoms with van der Waals surface area (Å²) in [4.78, 5) is 46.4. The number of nitrogens with one attached hydrogen (secondary N) is 1. The number of piperidine rings is 1. The third-order valence-corrected chi connectivity index (χ3v) is 9.99. The highest BCUT2D eigenvalue weighted by atomic mass is 16.2. The van der Waals surface area contributed by atoms with E-state index in [0.717, 1.165) is 56.1 Å². The fourth-order valence-corrected chi connectivity index (χ4v) is 7.23. The van der Waals surface area contributed by atoms with Crippen LogP contribution in [0.2, 0.25) is 0 Å². The summed E-state index contributed by atoms with van der Waals surface area (Å²) in [5, 5.41) is 3.39. The zero-order valence-corrected chi connectivity index (χ0v) is 27.9. The van der Waals surface area contributed by atoms with E-state index < -0.39 is 0 Å². The number of nitrogens with zero attached hydrogens (tertiary/aromatic N) is 7. The number of carbonyl (C=O) groups is 2. The molecule has 3 aromatic rings. The maximum atomic E-state index is 12.8. The summed E-state index contributed by atoms with van der Waals surface area (Å²) in [6.07, 6.45) is 5.92. The second-order valence-electron chi connectivity index (χ2n) is 13.0. The molecule has 248 valence electrons. The Labute approximate surface area is 279 Å². The minimum absolute atomic E-state index is 0.0514. The predicted molar refractivity (Wildman–Crippen MR) is 189 cm³/mol. The van der Waals surface area contributed by atoms with E-state index in [1.165, 1.54) is 43.3 Å². The number of piperazine rings is 2. The van der Waals surface area contributed by atoms with E-state index in [-0.39, 0.29) is 11.9 Å². The molecular formula is C37H48N8O2. The second kappa shape index (κ2) is 15.1. The fraction of sp³-hybridized carbons (Fsp3) is 0.459. The highest BCUT2D eigenvalue weighted by molar-refractivity contribution is 5.87. The van der Waals surface area contributed by atoms with Gasteiger partial charge >= 0.3 is 0 Å². The summed E-state index contributed by atoms with van der Waals surface area (Å²) < 4.78 is 0. The number of aromatic nitrogens is 2. The monoisotopic (exact) mass is 636 g/mol. The van der Waals surface area contributed by atoms with Crippen LogP contribution in [0.4, 0.5) is 23.0 Å². The van der Waals surface area contributed by atoms with Crippen molar-refractivity contribution in [3.8, 4) is 0 Å². The average Bonchev–Trinajstić information content (AvgIpc) is 3.12. The Morgan fingerprint density at radius 2 is 1.64 bits per heavy atom. The van der Waals surface area contributed by atoms with Crippen LogP contribution in [-0.4, -0.2) is 115 Å². The van der Waals surface area contributed by atoms with Crippen LogP contribution in [0.15, 0.2) is 67.3 Å². The lowest BCUT2D eigenvalue weighted by atomic mass is 10.0. The highest BCUT2D eigenvalue weighted by Crippen LogP contribution is 2.29. The Balaban J connectivity index is 1.15. The molecule has 0 aliphatic carbocycles. The number of aldehydes is 1. The second-order valence-corrected chi connectivity index (χ2v) is 13.0. The predicted octanol–water partition coefficient (Wildman–Crippen LogP) is 4.26. The maximum Gasteiger partial charge on any atom is 0.246 e. The molecule has 6 rings (SSSR count). The Kier molecular flexibility index (Phi) is 10.5. The van der Waals surface area contributed by atoms with Crippen molar-refractivity contribution >= 4 is 35.2 Å². The topological polar surface area (TPSA) is 88.2 Å². The van der Waals surface area contributed by atoms with Crippen LogP contribution in [0.3, 0.4) is 0 Å². The third-order valence-electron chi connectivity index (χ3n) is 9.99. The molecule has 0 saturated carbocycles. The van der Waals surface area contributed by atoms with Crippen molar-refractivity contribution in [2.24, 2.45) is 0 Å². The Morgan fingerprint density at radius 3 is 2.30 bits per heavy atom. The van der Waals surface area contributed by atoms with Crippen molar-refractivity contribution < 1.29 is 9.59 Å². The van der Waals surface area contributed by atoms with Crippen LogP contribution in [0.5, 0.6) is 0 Å². The van der Waals surface area contributed by atoms with Crippen LogP contribution in [-0.2, 0) is 17.6 Å². The first-order valence-corrected chi connectivity index (χ1v) is 17.1. The van der Waals surface area contributed by atoms with E-state index in [1.54, 1.807) is 0 Å². The number of likely N-dealkylation sites (N-methyl/N-ethyl adjacent to an activating group) is 1. The molecule has 3 aliphatic rings. The lowest BCUT2D eigenvalue weighted by Crippen LogP contribution is -2.56. The third kappa shape index (κ3) is 7.66. The molecule has 1 N–H and O–H groups in total. The lowest BCUT2D eigenvalue weighted by Gasteiger charge is -2.42. The normalized spacial score (nSPS) is 19.9. The number of benzene rings is 2. The van der Waals surface area contributed by atoms with Gasteiger partial charge in [-0.05, 0) is 68.6 Å². The summed E-state index contributed by atoms with van der Waals surface area (Å²) in [7, 11) is 2.21. The first kappa shape index (κ1) is 32.7. The molecule has 1 aromatic heterocycles. The van der Waals surface area contributed by atoms with Gasteiger partial charge in [0.15, 0.2) is 17.9 Å². The molecule has 10 heteroatoms. The van der Waals surface area contributed by atoms with E-state index >= 15 is 0 Å². The number of carbonyl (C=O) groups excluding carboxylic acids is 2. The molecule has 1 amide bonds. The van der Waals surface area contributed by atoms with Crippen LogP contribution in [0, 0.1) is 0 Å². The van der Waals surface area contributed by atoms with E-state index in [1.807, 2.05) is 30.0 Å². The van der Waals surface area contributed by atoms with Crippen LogP contribution >= 0.6 is 0 Å². The van der Waals surface area contributed by atoms with Crippen molar-refractivity contribution in [3.05, 3.63) is 84.2 Å². The van der Waals surface area contributed by atoms with E-state index in [2.05, 4.69) is 74.9 Å². The van der Waals surface area contributed by atoms with Gasteiger partial charge in [0.05, 0.1) is 11.7 Å². The van der Waals surface area contributed by atoms with Crippen LogP contribution in [0.1, 0.15) is 41.5 Å². The van der Waals surface area contributed by atoms with E-state index in [9.17, 15) is 9.59 Å². The number of aryl methyl sites for hydroxylation is 1. The Morgan fingerprint density at radius 1 is 0.915 bits per heavy atom. The molecule has 0 spiro atoms. The minimum Gasteiger partial charge on any atom is -0.371 e. The average molecular weight is 637 g/mol. The molecule has 3 aliphatic heterocycles. The molecular weight excluding hydrogens is 588 g/mol. The van der Waals surface area contributed by atoms with Crippen molar-refractivity contribution in [2.45, 2.75) is 44.7 Å². The molecule has 10 nitrogen and oxygen atoms in total. The first-order valence-electron chi connectivity index (χ1n) is 17.1. The summed E-state index contributed by atoms with van der Waals surface area (Å²) in [6.45, 7) is 14.3. The molecule has 2 aromatic carbocycles. The van der Waals surface area contributed by atoms with Gasteiger partial charge in [-0.3, -0.25) is 14.5 Å². The smallest absolute Gasteiger partial charge is 0.246 e. The quantitative estimate of drug-likeness (QED) is 0.259. The number of hydrogen-bond donors (Lipinski definition) is 1. The molecule has 0 unspecified atom stereocenters.